The summed E-state index contributed by atoms with van der Waals surface area (Å²) in [4.78, 5) is 24.3. The van der Waals surface area contributed by atoms with E-state index in [4.69, 9.17) is 0 Å². The number of aromatic nitrogens is 1. The van der Waals surface area contributed by atoms with E-state index in [9.17, 15) is 19.4 Å². The van der Waals surface area contributed by atoms with Crippen molar-refractivity contribution in [2.45, 2.75) is 57.8 Å². The summed E-state index contributed by atoms with van der Waals surface area (Å²) in [7, 11) is 0. The zero-order chi connectivity index (χ0) is 22.2. The minimum Gasteiger partial charge on any atom is -0.390 e. The van der Waals surface area contributed by atoms with Crippen molar-refractivity contribution in [1.82, 2.24) is 9.88 Å². The Bertz CT molecular complexity index is 1010. The second kappa shape index (κ2) is 8.48. The van der Waals surface area contributed by atoms with Crippen LogP contribution in [0.3, 0.4) is 0 Å². The number of likely N-dealkylation sites (tertiary alicyclic amines) is 1. The molecule has 1 saturated heterocycles. The van der Waals surface area contributed by atoms with Gasteiger partial charge in [-0.2, -0.15) is 0 Å². The van der Waals surface area contributed by atoms with Gasteiger partial charge < -0.3 is 15.1 Å². The number of aliphatic imine (C=N–C) groups is 1. The molecule has 164 valence electrons. The van der Waals surface area contributed by atoms with E-state index in [0.29, 0.717) is 23.5 Å². The normalized spacial score (nSPS) is 16.5. The van der Waals surface area contributed by atoms with Crippen molar-refractivity contribution in [3.05, 3.63) is 64.2 Å². The fourth-order valence-electron chi connectivity index (χ4n) is 4.32. The SMILES string of the molecule is CC(C)(O)[C@@H](CC(=O)Cc1cc2c(c(CO)n1)C(N1CCC1)=NC2)c1ccc(F)cc1. The van der Waals surface area contributed by atoms with Crippen LogP contribution in [0.4, 0.5) is 4.39 Å². The van der Waals surface area contributed by atoms with Crippen LogP contribution >= 0.6 is 0 Å². The number of nitrogens with zero attached hydrogens (tertiary/aromatic N) is 3. The maximum absolute atomic E-state index is 13.3. The molecule has 0 saturated carbocycles. The molecule has 0 spiro atoms. The summed E-state index contributed by atoms with van der Waals surface area (Å²) < 4.78 is 13.3. The average molecular weight is 426 g/mol. The predicted molar refractivity (Wildman–Crippen MR) is 115 cm³/mol. The first-order chi connectivity index (χ1) is 14.8. The van der Waals surface area contributed by atoms with Crippen molar-refractivity contribution >= 4 is 11.6 Å². The molecule has 6 nitrogen and oxygen atoms in total. The van der Waals surface area contributed by atoms with Crippen LogP contribution in [-0.2, 0) is 24.4 Å². The number of amidine groups is 1. The number of pyridine rings is 1. The summed E-state index contributed by atoms with van der Waals surface area (Å²) in [6, 6.07) is 7.79. The van der Waals surface area contributed by atoms with E-state index in [0.717, 1.165) is 36.5 Å². The second-order valence-corrected chi connectivity index (χ2v) is 8.91. The Labute approximate surface area is 181 Å². The van der Waals surface area contributed by atoms with E-state index < -0.39 is 11.5 Å². The molecule has 1 aromatic carbocycles. The minimum absolute atomic E-state index is 0.0744. The van der Waals surface area contributed by atoms with Crippen molar-refractivity contribution in [2.24, 2.45) is 4.99 Å². The van der Waals surface area contributed by atoms with E-state index in [2.05, 4.69) is 14.9 Å². The molecule has 0 bridgehead atoms. The van der Waals surface area contributed by atoms with Crippen molar-refractivity contribution in [1.29, 1.82) is 0 Å². The van der Waals surface area contributed by atoms with Crippen LogP contribution in [0.25, 0.3) is 0 Å². The Balaban J connectivity index is 1.52. The van der Waals surface area contributed by atoms with Crippen LogP contribution in [0.15, 0.2) is 35.3 Å². The number of rotatable bonds is 7. The number of aliphatic hydroxyl groups is 2. The molecular formula is C24H28FN3O3. The van der Waals surface area contributed by atoms with Gasteiger partial charge in [-0.1, -0.05) is 12.1 Å². The van der Waals surface area contributed by atoms with Gasteiger partial charge in [0.1, 0.15) is 17.4 Å². The van der Waals surface area contributed by atoms with Gasteiger partial charge >= 0.3 is 0 Å². The van der Waals surface area contributed by atoms with Crippen molar-refractivity contribution in [3.63, 3.8) is 0 Å². The van der Waals surface area contributed by atoms with Crippen LogP contribution in [0.5, 0.6) is 0 Å². The van der Waals surface area contributed by atoms with Gasteiger partial charge in [0, 0.05) is 43.1 Å². The summed E-state index contributed by atoms with van der Waals surface area (Å²) >= 11 is 0. The van der Waals surface area contributed by atoms with Crippen LogP contribution < -0.4 is 0 Å². The summed E-state index contributed by atoms with van der Waals surface area (Å²) in [6.07, 6.45) is 1.35. The highest BCUT2D eigenvalue weighted by atomic mass is 19.1. The van der Waals surface area contributed by atoms with Gasteiger partial charge in [0.15, 0.2) is 0 Å². The molecule has 0 amide bonds. The van der Waals surface area contributed by atoms with Gasteiger partial charge in [0.2, 0.25) is 0 Å². The Morgan fingerprint density at radius 2 is 1.97 bits per heavy atom. The molecular weight excluding hydrogens is 397 g/mol. The smallest absolute Gasteiger partial charge is 0.139 e. The van der Waals surface area contributed by atoms with Crippen molar-refractivity contribution in [3.8, 4) is 0 Å². The van der Waals surface area contributed by atoms with E-state index in [1.165, 1.54) is 12.1 Å². The first kappa shape index (κ1) is 21.6. The number of halogens is 1. The quantitative estimate of drug-likeness (QED) is 0.713. The lowest BCUT2D eigenvalue weighted by molar-refractivity contribution is -0.120. The third-order valence-electron chi connectivity index (χ3n) is 6.09. The number of benzene rings is 1. The lowest BCUT2D eigenvalue weighted by Crippen LogP contribution is -2.42. The number of hydrogen-bond donors (Lipinski definition) is 2. The molecule has 1 atom stereocenters. The van der Waals surface area contributed by atoms with Crippen LogP contribution in [-0.4, -0.2) is 50.4 Å². The van der Waals surface area contributed by atoms with Gasteiger partial charge in [-0.25, -0.2) is 4.39 Å². The molecule has 2 aliphatic rings. The zero-order valence-electron chi connectivity index (χ0n) is 17.9. The lowest BCUT2D eigenvalue weighted by atomic mass is 9.80. The number of aliphatic hydroxyl groups excluding tert-OH is 1. The Kier molecular flexibility index (Phi) is 5.90. The highest BCUT2D eigenvalue weighted by Gasteiger charge is 2.32. The zero-order valence-corrected chi connectivity index (χ0v) is 17.9. The minimum atomic E-state index is -1.14. The molecule has 7 heteroatoms. The first-order valence-corrected chi connectivity index (χ1v) is 10.7. The molecule has 31 heavy (non-hydrogen) atoms. The summed E-state index contributed by atoms with van der Waals surface area (Å²) in [5, 5.41) is 20.5. The van der Waals surface area contributed by atoms with E-state index in [1.54, 1.807) is 26.0 Å². The second-order valence-electron chi connectivity index (χ2n) is 8.91. The summed E-state index contributed by atoms with van der Waals surface area (Å²) in [5.41, 5.74) is 2.62. The number of carbonyl (C=O) groups is 1. The van der Waals surface area contributed by atoms with Crippen molar-refractivity contribution in [2.75, 3.05) is 13.1 Å². The average Bonchev–Trinajstić information content (AvgIpc) is 3.07. The van der Waals surface area contributed by atoms with Gasteiger partial charge in [0.25, 0.3) is 0 Å². The Morgan fingerprint density at radius 3 is 2.55 bits per heavy atom. The molecule has 2 aromatic rings. The maximum Gasteiger partial charge on any atom is 0.139 e. The molecule has 0 aliphatic carbocycles. The molecule has 1 fully saturated rings. The van der Waals surface area contributed by atoms with Gasteiger partial charge in [-0.15, -0.1) is 0 Å². The van der Waals surface area contributed by atoms with Crippen molar-refractivity contribution < 1.29 is 19.4 Å². The lowest BCUT2D eigenvalue weighted by Gasteiger charge is -2.33. The number of ketones is 1. The number of Topliss-reactive ketones (excluding diaryl/α,β-unsaturated/α-hetero) is 1. The summed E-state index contributed by atoms with van der Waals surface area (Å²) in [6.45, 7) is 5.55. The van der Waals surface area contributed by atoms with Gasteiger partial charge in [0.05, 0.1) is 24.4 Å². The molecule has 0 radical (unpaired) electrons. The van der Waals surface area contributed by atoms with Crippen LogP contribution in [0, 0.1) is 5.82 Å². The first-order valence-electron chi connectivity index (χ1n) is 10.7. The number of hydrogen-bond acceptors (Lipinski definition) is 6. The third kappa shape index (κ3) is 4.52. The van der Waals surface area contributed by atoms with Gasteiger partial charge in [-0.3, -0.25) is 14.8 Å². The maximum atomic E-state index is 13.3. The predicted octanol–water partition coefficient (Wildman–Crippen LogP) is 2.74. The van der Waals surface area contributed by atoms with Crippen LogP contribution in [0.1, 0.15) is 60.7 Å². The highest BCUT2D eigenvalue weighted by Crippen LogP contribution is 2.32. The van der Waals surface area contributed by atoms with E-state index >= 15 is 0 Å². The molecule has 1 aromatic heterocycles. The highest BCUT2D eigenvalue weighted by molar-refractivity contribution is 6.03. The molecule has 2 aliphatic heterocycles. The summed E-state index contributed by atoms with van der Waals surface area (Å²) in [5.74, 6) is 0.000653. The fourth-order valence-corrected chi connectivity index (χ4v) is 4.32. The monoisotopic (exact) mass is 425 g/mol. The van der Waals surface area contributed by atoms with E-state index in [-0.39, 0.29) is 31.0 Å². The topological polar surface area (TPSA) is 86.0 Å². The largest absolute Gasteiger partial charge is 0.390 e. The molecule has 4 rings (SSSR count). The van der Waals surface area contributed by atoms with Crippen LogP contribution in [0.2, 0.25) is 0 Å². The number of carbonyl (C=O) groups excluding carboxylic acids is 1. The Hall–Kier alpha value is -2.64. The third-order valence-corrected chi connectivity index (χ3v) is 6.09. The van der Waals surface area contributed by atoms with Gasteiger partial charge in [-0.05, 0) is 49.6 Å². The van der Waals surface area contributed by atoms with E-state index in [1.807, 2.05) is 6.07 Å². The number of fused-ring (bicyclic) bond motifs is 1. The standard InChI is InChI=1S/C24H28FN3O3/c1-24(2,31)20(15-4-6-17(25)7-5-15)12-19(30)11-18-10-16-13-26-23(28-8-3-9-28)22(16)21(14-29)27-18/h4-7,10,20,29,31H,3,8-9,11-14H2,1-2H3/t20-/m0/s1. The molecule has 0 unspecified atom stereocenters. The Morgan fingerprint density at radius 1 is 1.26 bits per heavy atom. The molecule has 2 N–H and O–H groups in total. The fraction of sp³-hybridized carbons (Fsp3) is 0.458. The molecule has 3 heterocycles.